The lowest BCUT2D eigenvalue weighted by molar-refractivity contribution is -0.124. The van der Waals surface area contributed by atoms with E-state index in [1.54, 1.807) is 49.4 Å². The van der Waals surface area contributed by atoms with Crippen molar-refractivity contribution in [1.29, 1.82) is 0 Å². The zero-order valence-electron chi connectivity index (χ0n) is 15.3. The maximum absolute atomic E-state index is 12.3. The number of imide groups is 1. The molecule has 0 aliphatic heterocycles. The molecule has 9 heteroatoms. The summed E-state index contributed by atoms with van der Waals surface area (Å²) in [5.41, 5.74) is 2.05. The van der Waals surface area contributed by atoms with Crippen molar-refractivity contribution in [3.8, 4) is 5.75 Å². The van der Waals surface area contributed by atoms with Gasteiger partial charge >= 0.3 is 6.09 Å². The van der Waals surface area contributed by atoms with Gasteiger partial charge in [-0.3, -0.25) is 20.1 Å². The van der Waals surface area contributed by atoms with Crippen LogP contribution >= 0.6 is 22.6 Å². The zero-order chi connectivity index (χ0) is 21.4. The Balaban J connectivity index is 2.23. The number of hydroxylamine groups is 1. The molecule has 0 radical (unpaired) electrons. The molecule has 0 aromatic heterocycles. The van der Waals surface area contributed by atoms with Crippen molar-refractivity contribution in [2.24, 2.45) is 5.92 Å². The molecule has 0 saturated carbocycles. The van der Waals surface area contributed by atoms with E-state index in [2.05, 4.69) is 5.32 Å². The molecule has 2 atom stereocenters. The lowest BCUT2D eigenvalue weighted by Crippen LogP contribution is -2.33. The minimum Gasteiger partial charge on any atom is -0.508 e. The van der Waals surface area contributed by atoms with Gasteiger partial charge in [-0.25, -0.2) is 10.3 Å². The molecular formula is C20H19IN2O6. The number of rotatable bonds is 6. The topological polar surface area (TPSA) is 125 Å². The number of benzene rings is 2. The fraction of sp³-hybridized carbons (Fsp3) is 0.150. The molecule has 0 aliphatic rings. The number of nitrogens with one attached hydrogen (secondary N) is 2. The van der Waals surface area contributed by atoms with Crippen LogP contribution in [0.2, 0.25) is 0 Å². The summed E-state index contributed by atoms with van der Waals surface area (Å²) >= 11 is 2.04. The average Bonchev–Trinajstić information content (AvgIpc) is 2.72. The van der Waals surface area contributed by atoms with Crippen molar-refractivity contribution in [2.45, 2.75) is 13.0 Å². The van der Waals surface area contributed by atoms with E-state index >= 15 is 0 Å². The first kappa shape index (κ1) is 22.4. The summed E-state index contributed by atoms with van der Waals surface area (Å²) in [6.07, 6.45) is 0.464. The SMILES string of the molecule is C[C@H](/C=C/C(=O)NO)[C@@H](OC(=O)NC(=O)c1ccccc1)c1cc(I)ccc1O. The van der Waals surface area contributed by atoms with Gasteiger partial charge in [0, 0.05) is 26.7 Å². The molecule has 0 bridgehead atoms. The van der Waals surface area contributed by atoms with Crippen LogP contribution in [-0.4, -0.2) is 28.2 Å². The first-order valence-electron chi connectivity index (χ1n) is 8.49. The third-order valence-corrected chi connectivity index (χ3v) is 4.59. The van der Waals surface area contributed by atoms with E-state index in [1.807, 2.05) is 22.6 Å². The van der Waals surface area contributed by atoms with Gasteiger partial charge in [0.05, 0.1) is 0 Å². The van der Waals surface area contributed by atoms with Gasteiger partial charge in [0.1, 0.15) is 11.9 Å². The summed E-state index contributed by atoms with van der Waals surface area (Å²) in [5, 5.41) is 21.0. The number of alkyl carbamates (subject to hydrolysis) is 1. The summed E-state index contributed by atoms with van der Waals surface area (Å²) in [5.74, 6) is -2.08. The Morgan fingerprint density at radius 1 is 1.14 bits per heavy atom. The van der Waals surface area contributed by atoms with Gasteiger partial charge in [-0.05, 0) is 52.9 Å². The fourth-order valence-corrected chi connectivity index (χ4v) is 3.00. The highest BCUT2D eigenvalue weighted by atomic mass is 127. The van der Waals surface area contributed by atoms with Crippen molar-refractivity contribution in [3.63, 3.8) is 0 Å². The Labute approximate surface area is 180 Å². The largest absolute Gasteiger partial charge is 0.508 e. The van der Waals surface area contributed by atoms with Gasteiger partial charge in [0.2, 0.25) is 0 Å². The predicted octanol–water partition coefficient (Wildman–Crippen LogP) is 3.30. The Bertz CT molecular complexity index is 916. The van der Waals surface area contributed by atoms with E-state index in [1.165, 1.54) is 17.6 Å². The maximum Gasteiger partial charge on any atom is 0.414 e. The fourth-order valence-electron chi connectivity index (χ4n) is 2.48. The highest BCUT2D eigenvalue weighted by Crippen LogP contribution is 2.34. The molecule has 3 amide bonds. The second-order valence-electron chi connectivity index (χ2n) is 6.04. The molecule has 0 heterocycles. The molecule has 0 fully saturated rings. The number of phenolic OH excluding ortho intramolecular Hbond substituents is 1. The van der Waals surface area contributed by atoms with Crippen molar-refractivity contribution in [3.05, 3.63) is 75.4 Å². The van der Waals surface area contributed by atoms with Crippen LogP contribution in [0.3, 0.4) is 0 Å². The second kappa shape index (κ2) is 10.6. The van der Waals surface area contributed by atoms with Crippen LogP contribution < -0.4 is 10.8 Å². The van der Waals surface area contributed by atoms with E-state index in [4.69, 9.17) is 9.94 Å². The third kappa shape index (κ3) is 6.57. The summed E-state index contributed by atoms with van der Waals surface area (Å²) < 4.78 is 6.20. The van der Waals surface area contributed by atoms with Crippen molar-refractivity contribution in [2.75, 3.05) is 0 Å². The molecule has 0 spiro atoms. The molecule has 4 N–H and O–H groups in total. The number of ether oxygens (including phenoxy) is 1. The highest BCUT2D eigenvalue weighted by Gasteiger charge is 2.26. The molecular weight excluding hydrogens is 491 g/mol. The van der Waals surface area contributed by atoms with Crippen LogP contribution in [0.15, 0.2) is 60.7 Å². The van der Waals surface area contributed by atoms with E-state index in [0.29, 0.717) is 5.56 Å². The molecule has 2 aromatic carbocycles. The number of amides is 3. The first-order valence-corrected chi connectivity index (χ1v) is 9.57. The Kier molecular flexibility index (Phi) is 8.16. The normalized spacial score (nSPS) is 12.8. The van der Waals surface area contributed by atoms with Crippen LogP contribution in [0.25, 0.3) is 0 Å². The number of carbonyl (C=O) groups excluding carboxylic acids is 3. The van der Waals surface area contributed by atoms with Gasteiger partial charge < -0.3 is 9.84 Å². The van der Waals surface area contributed by atoms with E-state index < -0.39 is 29.9 Å². The highest BCUT2D eigenvalue weighted by molar-refractivity contribution is 14.1. The molecule has 0 saturated heterocycles. The molecule has 152 valence electrons. The number of hydrogen-bond donors (Lipinski definition) is 4. The molecule has 8 nitrogen and oxygen atoms in total. The minimum absolute atomic E-state index is 0.107. The Hall–Kier alpha value is -2.92. The molecule has 2 aromatic rings. The first-order chi connectivity index (χ1) is 13.8. The average molecular weight is 510 g/mol. The Morgan fingerprint density at radius 3 is 2.48 bits per heavy atom. The van der Waals surface area contributed by atoms with E-state index in [9.17, 15) is 19.5 Å². The maximum atomic E-state index is 12.3. The van der Waals surface area contributed by atoms with Crippen LogP contribution in [-0.2, 0) is 9.53 Å². The van der Waals surface area contributed by atoms with Gasteiger partial charge in [-0.15, -0.1) is 0 Å². The number of aromatic hydroxyl groups is 1. The summed E-state index contributed by atoms with van der Waals surface area (Å²) in [6, 6.07) is 12.9. The summed E-state index contributed by atoms with van der Waals surface area (Å²) in [7, 11) is 0. The smallest absolute Gasteiger partial charge is 0.414 e. The summed E-state index contributed by atoms with van der Waals surface area (Å²) in [4.78, 5) is 35.7. The standard InChI is InChI=1S/C20H19IN2O6/c1-12(7-10-17(25)23-28)18(15-11-14(21)8-9-16(15)24)29-20(27)22-19(26)13-5-3-2-4-6-13/h2-12,18,24,28H,1H3,(H,23,25)(H,22,26,27)/b10-7+/t12-,18-/m1/s1. The number of hydrogen-bond acceptors (Lipinski definition) is 6. The molecule has 0 unspecified atom stereocenters. The van der Waals surface area contributed by atoms with Crippen LogP contribution in [0.5, 0.6) is 5.75 Å². The van der Waals surface area contributed by atoms with Crippen LogP contribution in [0.1, 0.15) is 28.9 Å². The van der Waals surface area contributed by atoms with Crippen molar-refractivity contribution in [1.82, 2.24) is 10.8 Å². The number of halogens is 1. The monoisotopic (exact) mass is 510 g/mol. The van der Waals surface area contributed by atoms with Crippen molar-refractivity contribution < 1.29 is 29.4 Å². The van der Waals surface area contributed by atoms with Gasteiger partial charge in [-0.2, -0.15) is 0 Å². The van der Waals surface area contributed by atoms with Crippen molar-refractivity contribution >= 4 is 40.5 Å². The van der Waals surface area contributed by atoms with Crippen LogP contribution in [0.4, 0.5) is 4.79 Å². The van der Waals surface area contributed by atoms with E-state index in [0.717, 1.165) is 9.65 Å². The number of phenols is 1. The third-order valence-electron chi connectivity index (χ3n) is 3.92. The predicted molar refractivity (Wildman–Crippen MR) is 112 cm³/mol. The lowest BCUT2D eigenvalue weighted by atomic mass is 9.96. The zero-order valence-corrected chi connectivity index (χ0v) is 17.5. The summed E-state index contributed by atoms with van der Waals surface area (Å²) in [6.45, 7) is 1.65. The molecule has 0 aliphatic carbocycles. The van der Waals surface area contributed by atoms with Gasteiger partial charge in [0.25, 0.3) is 11.8 Å². The number of carbonyl (C=O) groups is 3. The van der Waals surface area contributed by atoms with E-state index in [-0.39, 0.29) is 11.3 Å². The van der Waals surface area contributed by atoms with Gasteiger partial charge in [0.15, 0.2) is 0 Å². The lowest BCUT2D eigenvalue weighted by Gasteiger charge is -2.23. The quantitative estimate of drug-likeness (QED) is 0.205. The molecule has 29 heavy (non-hydrogen) atoms. The van der Waals surface area contributed by atoms with Gasteiger partial charge in [-0.1, -0.05) is 31.2 Å². The van der Waals surface area contributed by atoms with Crippen LogP contribution in [0, 0.1) is 9.49 Å². The molecule has 2 rings (SSSR count). The second-order valence-corrected chi connectivity index (χ2v) is 7.29. The minimum atomic E-state index is -1.01. The Morgan fingerprint density at radius 2 is 1.83 bits per heavy atom.